The first kappa shape index (κ1) is 13.3. The van der Waals surface area contributed by atoms with Gasteiger partial charge in [0.05, 0.1) is 0 Å². The van der Waals surface area contributed by atoms with Crippen LogP contribution >= 0.6 is 0 Å². The van der Waals surface area contributed by atoms with E-state index in [-0.39, 0.29) is 0 Å². The minimum atomic E-state index is -1.83. The van der Waals surface area contributed by atoms with Crippen molar-refractivity contribution in [3.05, 3.63) is 0 Å². The molecule has 0 amide bonds. The molecule has 16 heavy (non-hydrogen) atoms. The lowest BCUT2D eigenvalue weighted by Crippen LogP contribution is -2.45. The molecule has 0 aromatic rings. The topological polar surface area (TPSA) is 72.8 Å². The molecule has 0 unspecified atom stereocenters. The Balaban J connectivity index is 0.000000280. The van der Waals surface area contributed by atoms with Gasteiger partial charge in [-0.05, 0) is 51.9 Å². The average Bonchev–Trinajstić information content (AvgIpc) is 2.31. The second kappa shape index (κ2) is 7.46. The number of piperidine rings is 2. The van der Waals surface area contributed by atoms with Gasteiger partial charge >= 0.3 is 6.16 Å². The van der Waals surface area contributed by atoms with Gasteiger partial charge in [0.1, 0.15) is 0 Å². The van der Waals surface area contributed by atoms with Crippen LogP contribution in [0.15, 0.2) is 0 Å². The molecule has 2 heterocycles. The highest BCUT2D eigenvalue weighted by molar-refractivity contribution is 5.53. The summed E-state index contributed by atoms with van der Waals surface area (Å²) in [5.74, 6) is 0. The zero-order chi connectivity index (χ0) is 11.8. The monoisotopic (exact) mass is 230 g/mol. The first-order valence-electron chi connectivity index (χ1n) is 6.07. The number of rotatable bonds is 1. The molecule has 0 radical (unpaired) electrons. The highest BCUT2D eigenvalue weighted by Gasteiger charge is 2.21. The Kier molecular flexibility index (Phi) is 6.18. The van der Waals surface area contributed by atoms with E-state index >= 15 is 0 Å². The van der Waals surface area contributed by atoms with Crippen molar-refractivity contribution in [2.45, 2.75) is 38.1 Å². The Morgan fingerprint density at radius 1 is 1.06 bits per heavy atom. The van der Waals surface area contributed by atoms with Gasteiger partial charge < -0.3 is 20.4 Å². The molecule has 0 bridgehead atoms. The van der Waals surface area contributed by atoms with Gasteiger partial charge in [-0.3, -0.25) is 0 Å². The second-order valence-electron chi connectivity index (χ2n) is 4.36. The van der Waals surface area contributed by atoms with Crippen LogP contribution in [0.3, 0.4) is 0 Å². The fraction of sp³-hybridized carbons (Fsp3) is 0.909. The number of carboxylic acid groups (broad SMARTS) is 2. The van der Waals surface area contributed by atoms with Crippen LogP contribution in [0.4, 0.5) is 4.79 Å². The van der Waals surface area contributed by atoms with Gasteiger partial charge in [0.2, 0.25) is 0 Å². The van der Waals surface area contributed by atoms with Crippen molar-refractivity contribution in [2.75, 3.05) is 26.2 Å². The maximum Gasteiger partial charge on any atom is 0.503 e. The fourth-order valence-electron chi connectivity index (χ4n) is 2.46. The smallest absolute Gasteiger partial charge is 0.450 e. The predicted octanol–water partition coefficient (Wildman–Crippen LogP) is 1.45. The van der Waals surface area contributed by atoms with Gasteiger partial charge in [-0.25, -0.2) is 4.79 Å². The predicted molar refractivity (Wildman–Crippen MR) is 62.0 cm³/mol. The Morgan fingerprint density at radius 2 is 1.56 bits per heavy atom. The summed E-state index contributed by atoms with van der Waals surface area (Å²) in [5.41, 5.74) is 0. The van der Waals surface area contributed by atoms with Crippen molar-refractivity contribution in [1.82, 2.24) is 10.2 Å². The minimum Gasteiger partial charge on any atom is -0.450 e. The normalized spacial score (nSPS) is 23.2. The molecule has 2 aliphatic heterocycles. The van der Waals surface area contributed by atoms with E-state index in [0.717, 1.165) is 6.04 Å². The summed E-state index contributed by atoms with van der Waals surface area (Å²) in [6.45, 7) is 5.21. The average molecular weight is 230 g/mol. The molecule has 2 fully saturated rings. The molecular formula is C11H22N2O3. The van der Waals surface area contributed by atoms with Crippen molar-refractivity contribution in [3.8, 4) is 0 Å². The van der Waals surface area contributed by atoms with Crippen molar-refractivity contribution >= 4 is 6.16 Å². The zero-order valence-corrected chi connectivity index (χ0v) is 9.69. The molecule has 0 saturated carbocycles. The molecule has 94 valence electrons. The van der Waals surface area contributed by atoms with Crippen molar-refractivity contribution in [2.24, 2.45) is 0 Å². The maximum absolute atomic E-state index is 8.56. The molecular weight excluding hydrogens is 208 g/mol. The van der Waals surface area contributed by atoms with Gasteiger partial charge in [-0.15, -0.1) is 0 Å². The van der Waals surface area contributed by atoms with Crippen LogP contribution in [0.1, 0.15) is 32.1 Å². The largest absolute Gasteiger partial charge is 0.503 e. The molecule has 0 spiro atoms. The highest BCUT2D eigenvalue weighted by Crippen LogP contribution is 2.17. The van der Waals surface area contributed by atoms with Crippen molar-refractivity contribution in [3.63, 3.8) is 0 Å². The van der Waals surface area contributed by atoms with Crippen LogP contribution in [-0.2, 0) is 0 Å². The second-order valence-corrected chi connectivity index (χ2v) is 4.36. The van der Waals surface area contributed by atoms with Crippen LogP contribution in [0.25, 0.3) is 0 Å². The van der Waals surface area contributed by atoms with E-state index < -0.39 is 6.16 Å². The molecule has 0 aliphatic carbocycles. The van der Waals surface area contributed by atoms with Gasteiger partial charge in [0.15, 0.2) is 0 Å². The van der Waals surface area contributed by atoms with Gasteiger partial charge in [0, 0.05) is 6.04 Å². The Bertz CT molecular complexity index is 179. The van der Waals surface area contributed by atoms with Crippen molar-refractivity contribution < 1.29 is 15.0 Å². The Hall–Kier alpha value is -0.810. The summed E-state index contributed by atoms with van der Waals surface area (Å²) in [4.78, 5) is 11.3. The van der Waals surface area contributed by atoms with Gasteiger partial charge in [-0.2, -0.15) is 0 Å². The van der Waals surface area contributed by atoms with E-state index in [2.05, 4.69) is 10.2 Å². The lowest BCUT2D eigenvalue weighted by atomic mass is 10.0. The Labute approximate surface area is 96.4 Å². The maximum atomic E-state index is 8.56. The standard InChI is InChI=1S/C10H20N2.CH2O3/c1-2-8-12(9-3-1)10-4-6-11-7-5-10;2-1(3)4/h10-11H,1-9H2;(H2,2,3,4). The molecule has 0 atom stereocenters. The summed E-state index contributed by atoms with van der Waals surface area (Å²) in [6.07, 6.45) is 5.25. The molecule has 3 N–H and O–H groups in total. The molecule has 5 nitrogen and oxygen atoms in total. The number of likely N-dealkylation sites (tertiary alicyclic amines) is 1. The quantitative estimate of drug-likeness (QED) is 0.636. The lowest BCUT2D eigenvalue weighted by molar-refractivity contribution is 0.136. The van der Waals surface area contributed by atoms with E-state index in [9.17, 15) is 0 Å². The summed E-state index contributed by atoms with van der Waals surface area (Å²) in [5, 5.41) is 17.4. The van der Waals surface area contributed by atoms with E-state index in [1.54, 1.807) is 0 Å². The van der Waals surface area contributed by atoms with Crippen molar-refractivity contribution in [1.29, 1.82) is 0 Å². The van der Waals surface area contributed by atoms with Crippen LogP contribution < -0.4 is 5.32 Å². The third kappa shape index (κ3) is 5.32. The number of nitrogens with one attached hydrogen (secondary N) is 1. The first-order chi connectivity index (χ1) is 7.70. The van der Waals surface area contributed by atoms with E-state index in [4.69, 9.17) is 15.0 Å². The van der Waals surface area contributed by atoms with E-state index in [0.29, 0.717) is 0 Å². The minimum absolute atomic E-state index is 0.909. The molecule has 2 saturated heterocycles. The zero-order valence-electron chi connectivity index (χ0n) is 9.69. The molecule has 0 aromatic carbocycles. The first-order valence-corrected chi connectivity index (χ1v) is 6.07. The van der Waals surface area contributed by atoms with E-state index in [1.807, 2.05) is 0 Å². The van der Waals surface area contributed by atoms with E-state index in [1.165, 1.54) is 58.3 Å². The van der Waals surface area contributed by atoms with Gasteiger partial charge in [0.25, 0.3) is 0 Å². The summed E-state index contributed by atoms with van der Waals surface area (Å²) >= 11 is 0. The van der Waals surface area contributed by atoms with Crippen LogP contribution in [0, 0.1) is 0 Å². The summed E-state index contributed by atoms with van der Waals surface area (Å²) < 4.78 is 0. The summed E-state index contributed by atoms with van der Waals surface area (Å²) in [6, 6.07) is 0.909. The number of hydrogen-bond donors (Lipinski definition) is 3. The molecule has 0 aromatic heterocycles. The molecule has 5 heteroatoms. The number of hydrogen-bond acceptors (Lipinski definition) is 3. The Morgan fingerprint density at radius 3 is 2.06 bits per heavy atom. The summed E-state index contributed by atoms with van der Waals surface area (Å²) in [7, 11) is 0. The molecule has 2 aliphatic rings. The fourth-order valence-corrected chi connectivity index (χ4v) is 2.46. The van der Waals surface area contributed by atoms with Crippen LogP contribution in [-0.4, -0.2) is 53.5 Å². The number of carbonyl (C=O) groups is 1. The third-order valence-corrected chi connectivity index (χ3v) is 3.22. The lowest BCUT2D eigenvalue weighted by Gasteiger charge is -2.36. The van der Waals surface area contributed by atoms with Crippen LogP contribution in [0.2, 0.25) is 0 Å². The SMILES string of the molecule is C1CCN(C2CCNCC2)CC1.O=C(O)O. The van der Waals surface area contributed by atoms with Crippen LogP contribution in [0.5, 0.6) is 0 Å². The third-order valence-electron chi connectivity index (χ3n) is 3.22. The molecule has 2 rings (SSSR count). The number of nitrogens with zero attached hydrogens (tertiary/aromatic N) is 1. The van der Waals surface area contributed by atoms with Gasteiger partial charge in [-0.1, -0.05) is 6.42 Å². The highest BCUT2D eigenvalue weighted by atomic mass is 16.6.